The second kappa shape index (κ2) is 9.37. The molecule has 0 bridgehead atoms. The van der Waals surface area contributed by atoms with Crippen molar-refractivity contribution >= 4 is 23.3 Å². The molecule has 2 aromatic carbocycles. The summed E-state index contributed by atoms with van der Waals surface area (Å²) < 4.78 is 0. The van der Waals surface area contributed by atoms with Gasteiger partial charge in [-0.25, -0.2) is 0 Å². The minimum absolute atomic E-state index is 0.101. The molecule has 1 saturated heterocycles. The number of anilines is 1. The maximum absolute atomic E-state index is 12.5. The molecular formula is C23H26N2O4. The van der Waals surface area contributed by atoms with Gasteiger partial charge < -0.3 is 15.3 Å². The van der Waals surface area contributed by atoms with Gasteiger partial charge in [0.25, 0.3) is 5.91 Å². The number of carbonyl (C=O) groups excluding carboxylic acids is 3. The highest BCUT2D eigenvalue weighted by molar-refractivity contribution is 6.05. The Morgan fingerprint density at radius 3 is 2.38 bits per heavy atom. The van der Waals surface area contributed by atoms with Crippen LogP contribution >= 0.6 is 0 Å². The molecule has 1 aliphatic heterocycles. The van der Waals surface area contributed by atoms with Gasteiger partial charge in [-0.15, -0.1) is 0 Å². The van der Waals surface area contributed by atoms with Gasteiger partial charge >= 0.3 is 0 Å². The van der Waals surface area contributed by atoms with Crippen molar-refractivity contribution in [2.24, 2.45) is 5.92 Å². The van der Waals surface area contributed by atoms with Crippen LogP contribution in [-0.4, -0.2) is 40.7 Å². The van der Waals surface area contributed by atoms with Crippen molar-refractivity contribution < 1.29 is 19.5 Å². The van der Waals surface area contributed by atoms with E-state index < -0.39 is 0 Å². The highest BCUT2D eigenvalue weighted by atomic mass is 16.3. The van der Waals surface area contributed by atoms with E-state index in [0.29, 0.717) is 23.6 Å². The van der Waals surface area contributed by atoms with Crippen LogP contribution in [0.25, 0.3) is 0 Å². The number of likely N-dealkylation sites (tertiary alicyclic amines) is 1. The lowest BCUT2D eigenvalue weighted by Gasteiger charge is -2.31. The summed E-state index contributed by atoms with van der Waals surface area (Å²) in [5.74, 6) is -0.00399. The van der Waals surface area contributed by atoms with E-state index in [4.69, 9.17) is 0 Å². The summed E-state index contributed by atoms with van der Waals surface area (Å²) in [5, 5.41) is 13.0. The lowest BCUT2D eigenvalue weighted by molar-refractivity contribution is -0.130. The van der Waals surface area contributed by atoms with Crippen LogP contribution in [0.1, 0.15) is 53.3 Å². The second-order valence-corrected chi connectivity index (χ2v) is 7.46. The molecule has 6 nitrogen and oxygen atoms in total. The number of carbonyl (C=O) groups is 3. The molecule has 6 heteroatoms. The third-order valence-corrected chi connectivity index (χ3v) is 5.43. The van der Waals surface area contributed by atoms with Gasteiger partial charge in [-0.3, -0.25) is 14.4 Å². The van der Waals surface area contributed by atoms with Crippen molar-refractivity contribution in [1.29, 1.82) is 0 Å². The summed E-state index contributed by atoms with van der Waals surface area (Å²) in [5.41, 5.74) is 1.22. The molecule has 2 N–H and O–H groups in total. The number of Topliss-reactive ketones (excluding diaryl/α,β-unsaturated/α-hetero) is 1. The highest BCUT2D eigenvalue weighted by Crippen LogP contribution is 2.27. The fraction of sp³-hybridized carbons (Fsp3) is 0.348. The lowest BCUT2D eigenvalue weighted by atomic mass is 9.90. The standard InChI is InChI=1S/C23H26N2O4/c1-16(26)25-13-11-17(12-14-25)7-10-21(27)20-9-8-19(15-22(20)28)24-23(29)18-5-3-2-4-6-18/h2-6,8-9,15,17,28H,7,10-14H2,1H3,(H,24,29). The average molecular weight is 394 g/mol. The summed E-state index contributed by atoms with van der Waals surface area (Å²) in [7, 11) is 0. The molecular weight excluding hydrogens is 368 g/mol. The summed E-state index contributed by atoms with van der Waals surface area (Å²) in [4.78, 5) is 38.0. The smallest absolute Gasteiger partial charge is 0.255 e. The van der Waals surface area contributed by atoms with Crippen molar-refractivity contribution in [3.63, 3.8) is 0 Å². The van der Waals surface area contributed by atoms with E-state index in [1.165, 1.54) is 6.07 Å². The number of rotatable bonds is 6. The first-order chi connectivity index (χ1) is 13.9. The Morgan fingerprint density at radius 2 is 1.76 bits per heavy atom. The van der Waals surface area contributed by atoms with Crippen molar-refractivity contribution in [3.8, 4) is 5.75 Å². The van der Waals surface area contributed by atoms with E-state index in [1.54, 1.807) is 43.3 Å². The largest absolute Gasteiger partial charge is 0.507 e. The van der Waals surface area contributed by atoms with Crippen LogP contribution in [0.5, 0.6) is 5.75 Å². The number of phenolic OH excluding ortho intramolecular Hbond substituents is 1. The van der Waals surface area contributed by atoms with Crippen LogP contribution in [0.2, 0.25) is 0 Å². The number of nitrogens with one attached hydrogen (secondary N) is 1. The highest BCUT2D eigenvalue weighted by Gasteiger charge is 2.22. The molecule has 0 aliphatic carbocycles. The zero-order valence-electron chi connectivity index (χ0n) is 16.6. The predicted molar refractivity (Wildman–Crippen MR) is 111 cm³/mol. The van der Waals surface area contributed by atoms with Gasteiger partial charge in [0.2, 0.25) is 5.91 Å². The zero-order valence-corrected chi connectivity index (χ0v) is 16.6. The number of benzene rings is 2. The van der Waals surface area contributed by atoms with Gasteiger partial charge in [0.1, 0.15) is 5.75 Å². The molecule has 0 unspecified atom stereocenters. The van der Waals surface area contributed by atoms with Crippen LogP contribution in [-0.2, 0) is 4.79 Å². The quantitative estimate of drug-likeness (QED) is 0.728. The van der Waals surface area contributed by atoms with Crippen LogP contribution in [0.15, 0.2) is 48.5 Å². The molecule has 0 aromatic heterocycles. The normalized spacial score (nSPS) is 14.4. The van der Waals surface area contributed by atoms with E-state index >= 15 is 0 Å². The molecule has 1 aliphatic rings. The van der Waals surface area contributed by atoms with E-state index in [1.807, 2.05) is 11.0 Å². The maximum atomic E-state index is 12.5. The average Bonchev–Trinajstić information content (AvgIpc) is 2.73. The molecule has 0 radical (unpaired) electrons. The summed E-state index contributed by atoms with van der Waals surface area (Å²) in [6, 6.07) is 13.4. The minimum Gasteiger partial charge on any atom is -0.507 e. The lowest BCUT2D eigenvalue weighted by Crippen LogP contribution is -2.37. The van der Waals surface area contributed by atoms with Crippen LogP contribution in [0.4, 0.5) is 5.69 Å². The molecule has 0 saturated carbocycles. The Hall–Kier alpha value is -3.15. The fourth-order valence-corrected chi connectivity index (χ4v) is 3.64. The topological polar surface area (TPSA) is 86.7 Å². The Balaban J connectivity index is 1.54. The number of hydrogen-bond donors (Lipinski definition) is 2. The van der Waals surface area contributed by atoms with Gasteiger partial charge in [-0.05, 0) is 49.4 Å². The van der Waals surface area contributed by atoms with E-state index in [9.17, 15) is 19.5 Å². The number of piperidine rings is 1. The number of nitrogens with zero attached hydrogens (tertiary/aromatic N) is 1. The SMILES string of the molecule is CC(=O)N1CCC(CCC(=O)c2ccc(NC(=O)c3ccccc3)cc2O)CC1. The summed E-state index contributed by atoms with van der Waals surface area (Å²) in [6.07, 6.45) is 2.91. The van der Waals surface area contributed by atoms with Gasteiger partial charge in [0.15, 0.2) is 5.78 Å². The fourth-order valence-electron chi connectivity index (χ4n) is 3.64. The molecule has 3 rings (SSSR count). The third-order valence-electron chi connectivity index (χ3n) is 5.43. The second-order valence-electron chi connectivity index (χ2n) is 7.46. The van der Waals surface area contributed by atoms with Crippen LogP contribution < -0.4 is 5.32 Å². The summed E-state index contributed by atoms with van der Waals surface area (Å²) in [6.45, 7) is 3.07. The molecule has 0 atom stereocenters. The molecule has 152 valence electrons. The third kappa shape index (κ3) is 5.44. The van der Waals surface area contributed by atoms with E-state index in [0.717, 1.165) is 32.4 Å². The zero-order chi connectivity index (χ0) is 20.8. The van der Waals surface area contributed by atoms with Crippen LogP contribution in [0, 0.1) is 5.92 Å². The Kier molecular flexibility index (Phi) is 6.65. The van der Waals surface area contributed by atoms with Crippen molar-refractivity contribution in [2.45, 2.75) is 32.6 Å². The molecule has 1 fully saturated rings. The first-order valence-corrected chi connectivity index (χ1v) is 9.92. The molecule has 2 amide bonds. The van der Waals surface area contributed by atoms with Gasteiger partial charge in [0.05, 0.1) is 5.56 Å². The number of hydrogen-bond acceptors (Lipinski definition) is 4. The summed E-state index contributed by atoms with van der Waals surface area (Å²) >= 11 is 0. The van der Waals surface area contributed by atoms with Crippen molar-refractivity contribution in [1.82, 2.24) is 4.90 Å². The number of aromatic hydroxyl groups is 1. The minimum atomic E-state index is -0.277. The number of amides is 2. The van der Waals surface area contributed by atoms with Crippen molar-refractivity contribution in [3.05, 3.63) is 59.7 Å². The first-order valence-electron chi connectivity index (χ1n) is 9.92. The monoisotopic (exact) mass is 394 g/mol. The molecule has 29 heavy (non-hydrogen) atoms. The molecule has 1 heterocycles. The first kappa shape index (κ1) is 20.6. The number of ketones is 1. The van der Waals surface area contributed by atoms with Gasteiger partial charge in [-0.1, -0.05) is 18.2 Å². The van der Waals surface area contributed by atoms with Crippen LogP contribution in [0.3, 0.4) is 0 Å². The Morgan fingerprint density at radius 1 is 1.07 bits per heavy atom. The number of phenols is 1. The van der Waals surface area contributed by atoms with Gasteiger partial charge in [-0.2, -0.15) is 0 Å². The predicted octanol–water partition coefficient (Wildman–Crippen LogP) is 3.87. The molecule has 0 spiro atoms. The Bertz CT molecular complexity index is 887. The van der Waals surface area contributed by atoms with E-state index in [2.05, 4.69) is 5.32 Å². The molecule has 2 aromatic rings. The maximum Gasteiger partial charge on any atom is 0.255 e. The van der Waals surface area contributed by atoms with E-state index in [-0.39, 0.29) is 28.9 Å². The van der Waals surface area contributed by atoms with Crippen molar-refractivity contribution in [2.75, 3.05) is 18.4 Å². The Labute approximate surface area is 170 Å². The van der Waals surface area contributed by atoms with Gasteiger partial charge in [0, 0.05) is 43.8 Å².